The zero-order chi connectivity index (χ0) is 11.9. The lowest BCUT2D eigenvalue weighted by Crippen LogP contribution is -2.43. The summed E-state index contributed by atoms with van der Waals surface area (Å²) in [5, 5.41) is 0. The molecule has 6 heteroatoms. The van der Waals surface area contributed by atoms with Crippen molar-refractivity contribution >= 4 is 14.8 Å². The topological polar surface area (TPSA) is 54.0 Å². The zero-order valence-corrected chi connectivity index (χ0v) is 11.0. The van der Waals surface area contributed by atoms with Crippen molar-refractivity contribution < 1.29 is 22.8 Å². The highest BCUT2D eigenvalue weighted by molar-refractivity contribution is 6.60. The molecule has 0 spiro atoms. The van der Waals surface area contributed by atoms with E-state index in [2.05, 4.69) is 0 Å². The molecule has 0 aromatic heterocycles. The predicted molar refractivity (Wildman–Crippen MR) is 57.4 cm³/mol. The highest BCUT2D eigenvalue weighted by atomic mass is 28.4. The molecule has 0 radical (unpaired) electrons. The van der Waals surface area contributed by atoms with E-state index in [1.807, 2.05) is 0 Å². The number of hydrogen-bond donors (Lipinski definition) is 0. The maximum absolute atomic E-state index is 11.2. The van der Waals surface area contributed by atoms with Gasteiger partial charge in [-0.25, -0.2) is 0 Å². The molecule has 0 aliphatic carbocycles. The van der Waals surface area contributed by atoms with E-state index >= 15 is 0 Å². The molecule has 0 unspecified atom stereocenters. The number of carbonyl (C=O) groups excluding carboxylic acids is 1. The summed E-state index contributed by atoms with van der Waals surface area (Å²) in [6.45, 7) is 3.84. The average Bonchev–Trinajstić information content (AvgIpc) is 2.24. The minimum Gasteiger partial charge on any atom is -0.466 e. The Hall–Kier alpha value is -0.433. The summed E-state index contributed by atoms with van der Waals surface area (Å²) in [4.78, 5) is 11.2. The zero-order valence-electron chi connectivity index (χ0n) is 10.0. The Kier molecular flexibility index (Phi) is 6.74. The van der Waals surface area contributed by atoms with Crippen LogP contribution in [0.2, 0.25) is 6.04 Å². The van der Waals surface area contributed by atoms with Gasteiger partial charge in [-0.15, -0.1) is 0 Å². The van der Waals surface area contributed by atoms with Gasteiger partial charge in [0.2, 0.25) is 0 Å². The molecule has 0 saturated carbocycles. The van der Waals surface area contributed by atoms with Gasteiger partial charge in [-0.1, -0.05) is 13.8 Å². The van der Waals surface area contributed by atoms with Gasteiger partial charge in [0, 0.05) is 21.3 Å². The average molecular weight is 236 g/mol. The number of hydrogen-bond acceptors (Lipinski definition) is 5. The number of carbonyl (C=O) groups is 1. The van der Waals surface area contributed by atoms with E-state index in [1.54, 1.807) is 13.8 Å². The number of rotatable bonds is 7. The first-order valence-electron chi connectivity index (χ1n) is 4.83. The molecule has 0 aromatic carbocycles. The molecule has 0 bridgehead atoms. The molecular weight excluding hydrogens is 216 g/mol. The summed E-state index contributed by atoms with van der Waals surface area (Å²) < 4.78 is 20.6. The monoisotopic (exact) mass is 236 g/mol. The molecule has 0 fully saturated rings. The number of ether oxygens (including phenoxy) is 1. The second-order valence-corrected chi connectivity index (χ2v) is 6.46. The first kappa shape index (κ1) is 14.6. The normalized spacial score (nSPS) is 11.9. The van der Waals surface area contributed by atoms with Crippen LogP contribution in [0.25, 0.3) is 0 Å². The Morgan fingerprint density at radius 3 is 1.93 bits per heavy atom. The van der Waals surface area contributed by atoms with Gasteiger partial charge in [0.25, 0.3) is 0 Å². The molecule has 0 rings (SSSR count). The van der Waals surface area contributed by atoms with Gasteiger partial charge in [-0.3, -0.25) is 4.79 Å². The Morgan fingerprint density at radius 2 is 1.60 bits per heavy atom. The third kappa shape index (κ3) is 4.74. The van der Waals surface area contributed by atoms with Crippen molar-refractivity contribution in [1.82, 2.24) is 0 Å². The highest BCUT2D eigenvalue weighted by Crippen LogP contribution is 2.12. The SMILES string of the molecule is CO[Si](CCOC(=O)C(C)C)(OC)OC. The van der Waals surface area contributed by atoms with Gasteiger partial charge < -0.3 is 18.0 Å². The lowest BCUT2D eigenvalue weighted by molar-refractivity contribution is -0.146. The standard InChI is InChI=1S/C9H20O5Si/c1-8(2)9(10)14-6-7-15(11-3,12-4)13-5/h8H,6-7H2,1-5H3. The van der Waals surface area contributed by atoms with Gasteiger partial charge in [0.05, 0.1) is 18.6 Å². The van der Waals surface area contributed by atoms with Crippen LogP contribution in [0, 0.1) is 5.92 Å². The van der Waals surface area contributed by atoms with Crippen LogP contribution in [0.1, 0.15) is 13.8 Å². The number of esters is 1. The molecule has 0 atom stereocenters. The van der Waals surface area contributed by atoms with Crippen molar-refractivity contribution in [3.63, 3.8) is 0 Å². The van der Waals surface area contributed by atoms with Crippen molar-refractivity contribution in [2.75, 3.05) is 27.9 Å². The van der Waals surface area contributed by atoms with Crippen LogP contribution in [0.15, 0.2) is 0 Å². The lowest BCUT2D eigenvalue weighted by atomic mass is 10.2. The summed E-state index contributed by atoms with van der Waals surface area (Å²) in [5.74, 6) is -0.338. The summed E-state index contributed by atoms with van der Waals surface area (Å²) >= 11 is 0. The van der Waals surface area contributed by atoms with Crippen LogP contribution in [-0.4, -0.2) is 42.7 Å². The van der Waals surface area contributed by atoms with Gasteiger partial charge >= 0.3 is 14.8 Å². The minimum atomic E-state index is -2.60. The van der Waals surface area contributed by atoms with Crippen LogP contribution in [0.5, 0.6) is 0 Å². The first-order valence-corrected chi connectivity index (χ1v) is 6.76. The Morgan fingerprint density at radius 1 is 1.13 bits per heavy atom. The van der Waals surface area contributed by atoms with E-state index in [0.717, 1.165) is 0 Å². The maximum atomic E-state index is 11.2. The second kappa shape index (κ2) is 6.94. The quantitative estimate of drug-likeness (QED) is 0.489. The molecule has 90 valence electrons. The fourth-order valence-corrected chi connectivity index (χ4v) is 2.46. The molecule has 15 heavy (non-hydrogen) atoms. The molecule has 0 aromatic rings. The molecule has 0 saturated heterocycles. The molecule has 0 amide bonds. The van der Waals surface area contributed by atoms with Gasteiger partial charge in [-0.05, 0) is 0 Å². The van der Waals surface area contributed by atoms with Gasteiger partial charge in [0.15, 0.2) is 0 Å². The van der Waals surface area contributed by atoms with Crippen LogP contribution < -0.4 is 0 Å². The molecule has 0 heterocycles. The minimum absolute atomic E-state index is 0.117. The summed E-state index contributed by atoms with van der Waals surface area (Å²) in [6, 6.07) is 0.467. The first-order chi connectivity index (χ1) is 7.01. The largest absolute Gasteiger partial charge is 0.503 e. The summed E-state index contributed by atoms with van der Waals surface area (Å²) in [7, 11) is 2.00. The Labute approximate surface area is 92.0 Å². The van der Waals surface area contributed by atoms with Gasteiger partial charge in [0.1, 0.15) is 0 Å². The van der Waals surface area contributed by atoms with Crippen molar-refractivity contribution in [3.8, 4) is 0 Å². The summed E-state index contributed by atoms with van der Waals surface area (Å²) in [6.07, 6.45) is 0. The Bertz CT molecular complexity index is 183. The fourth-order valence-electron chi connectivity index (χ4n) is 0.999. The van der Waals surface area contributed by atoms with E-state index < -0.39 is 8.80 Å². The third-order valence-corrected chi connectivity index (χ3v) is 4.74. The van der Waals surface area contributed by atoms with Crippen LogP contribution in [-0.2, 0) is 22.8 Å². The van der Waals surface area contributed by atoms with Crippen molar-refractivity contribution in [1.29, 1.82) is 0 Å². The molecule has 0 aliphatic rings. The van der Waals surface area contributed by atoms with Crippen molar-refractivity contribution in [3.05, 3.63) is 0 Å². The predicted octanol–water partition coefficient (Wildman–Crippen LogP) is 1.06. The maximum Gasteiger partial charge on any atom is 0.503 e. The van der Waals surface area contributed by atoms with Crippen molar-refractivity contribution in [2.24, 2.45) is 5.92 Å². The van der Waals surface area contributed by atoms with E-state index in [1.165, 1.54) is 21.3 Å². The molecule has 5 nitrogen and oxygen atoms in total. The third-order valence-electron chi connectivity index (χ3n) is 2.06. The van der Waals surface area contributed by atoms with Gasteiger partial charge in [-0.2, -0.15) is 0 Å². The lowest BCUT2D eigenvalue weighted by Gasteiger charge is -2.24. The summed E-state index contributed by atoms with van der Waals surface area (Å²) in [5.41, 5.74) is 0. The fraction of sp³-hybridized carbons (Fsp3) is 0.889. The van der Waals surface area contributed by atoms with Crippen molar-refractivity contribution in [2.45, 2.75) is 19.9 Å². The van der Waals surface area contributed by atoms with E-state index in [9.17, 15) is 4.79 Å². The molecule has 0 aliphatic heterocycles. The van der Waals surface area contributed by atoms with Crippen LogP contribution in [0.4, 0.5) is 0 Å². The van der Waals surface area contributed by atoms with E-state index in [0.29, 0.717) is 6.04 Å². The van der Waals surface area contributed by atoms with E-state index in [4.69, 9.17) is 18.0 Å². The van der Waals surface area contributed by atoms with Crippen LogP contribution >= 0.6 is 0 Å². The second-order valence-electron chi connectivity index (χ2n) is 3.37. The Balaban J connectivity index is 3.96. The molecule has 0 N–H and O–H groups in total. The molecular formula is C9H20O5Si. The smallest absolute Gasteiger partial charge is 0.466 e. The van der Waals surface area contributed by atoms with E-state index in [-0.39, 0.29) is 18.5 Å². The highest BCUT2D eigenvalue weighted by Gasteiger charge is 2.37. The van der Waals surface area contributed by atoms with Crippen LogP contribution in [0.3, 0.4) is 0 Å².